The van der Waals surface area contributed by atoms with Crippen LogP contribution in [0.3, 0.4) is 0 Å². The molecular formula is C16H30N2O. The van der Waals surface area contributed by atoms with E-state index in [4.69, 9.17) is 0 Å². The summed E-state index contributed by atoms with van der Waals surface area (Å²) in [7, 11) is 0. The van der Waals surface area contributed by atoms with Gasteiger partial charge in [0, 0.05) is 6.04 Å². The highest BCUT2D eigenvalue weighted by molar-refractivity contribution is 5.84. The lowest BCUT2D eigenvalue weighted by molar-refractivity contribution is -0.134. The van der Waals surface area contributed by atoms with Crippen LogP contribution in [0, 0.1) is 5.92 Å². The number of nitrogens with one attached hydrogen (secondary N) is 1. The van der Waals surface area contributed by atoms with Crippen molar-refractivity contribution >= 4 is 5.91 Å². The van der Waals surface area contributed by atoms with Gasteiger partial charge in [-0.05, 0) is 31.6 Å². The van der Waals surface area contributed by atoms with Crippen molar-refractivity contribution in [1.82, 2.24) is 10.2 Å². The van der Waals surface area contributed by atoms with Gasteiger partial charge in [-0.25, -0.2) is 0 Å². The zero-order valence-corrected chi connectivity index (χ0v) is 12.8. The van der Waals surface area contributed by atoms with Crippen molar-refractivity contribution in [2.45, 2.75) is 90.4 Å². The van der Waals surface area contributed by atoms with Crippen LogP contribution in [0.4, 0.5) is 0 Å². The van der Waals surface area contributed by atoms with E-state index < -0.39 is 0 Å². The molecule has 1 aliphatic carbocycles. The van der Waals surface area contributed by atoms with Gasteiger partial charge in [0.05, 0.1) is 12.2 Å². The zero-order valence-electron chi connectivity index (χ0n) is 12.8. The Hall–Kier alpha value is -0.570. The van der Waals surface area contributed by atoms with E-state index >= 15 is 0 Å². The van der Waals surface area contributed by atoms with Crippen LogP contribution >= 0.6 is 0 Å². The van der Waals surface area contributed by atoms with Crippen molar-refractivity contribution in [1.29, 1.82) is 0 Å². The molecule has 1 saturated heterocycles. The Bertz CT molecular complexity index is 305. The predicted molar refractivity (Wildman–Crippen MR) is 78.8 cm³/mol. The van der Waals surface area contributed by atoms with E-state index in [0.717, 1.165) is 25.7 Å². The molecule has 0 aromatic heterocycles. The van der Waals surface area contributed by atoms with Crippen LogP contribution in [-0.2, 0) is 4.79 Å². The molecule has 0 spiro atoms. The fourth-order valence-electron chi connectivity index (χ4n) is 3.81. The lowest BCUT2D eigenvalue weighted by Gasteiger charge is -2.39. The molecule has 4 atom stereocenters. The van der Waals surface area contributed by atoms with Crippen LogP contribution in [0.15, 0.2) is 0 Å². The average Bonchev–Trinajstić information content (AvgIpc) is 2.68. The van der Waals surface area contributed by atoms with Gasteiger partial charge in [-0.15, -0.1) is 0 Å². The highest BCUT2D eigenvalue weighted by Crippen LogP contribution is 2.32. The Morgan fingerprint density at radius 3 is 2.47 bits per heavy atom. The average molecular weight is 266 g/mol. The molecule has 0 radical (unpaired) electrons. The number of amides is 1. The normalized spacial score (nSPS) is 35.9. The zero-order chi connectivity index (χ0) is 13.8. The molecule has 4 unspecified atom stereocenters. The first-order chi connectivity index (χ1) is 9.19. The summed E-state index contributed by atoms with van der Waals surface area (Å²) < 4.78 is 0. The highest BCUT2D eigenvalue weighted by Gasteiger charge is 2.43. The van der Waals surface area contributed by atoms with Gasteiger partial charge < -0.3 is 4.90 Å². The maximum Gasteiger partial charge on any atom is 0.241 e. The van der Waals surface area contributed by atoms with Crippen LogP contribution in [0.1, 0.15) is 72.1 Å². The van der Waals surface area contributed by atoms with Crippen molar-refractivity contribution in [2.75, 3.05) is 0 Å². The fraction of sp³-hybridized carbons (Fsp3) is 0.938. The van der Waals surface area contributed by atoms with Crippen molar-refractivity contribution in [3.63, 3.8) is 0 Å². The molecule has 1 aliphatic heterocycles. The second kappa shape index (κ2) is 6.74. The van der Waals surface area contributed by atoms with E-state index in [2.05, 4.69) is 31.0 Å². The maximum absolute atomic E-state index is 12.7. The van der Waals surface area contributed by atoms with E-state index in [0.29, 0.717) is 24.0 Å². The summed E-state index contributed by atoms with van der Waals surface area (Å²) >= 11 is 0. The van der Waals surface area contributed by atoms with Crippen LogP contribution in [0.25, 0.3) is 0 Å². The smallest absolute Gasteiger partial charge is 0.241 e. The third-order valence-electron chi connectivity index (χ3n) is 4.84. The van der Waals surface area contributed by atoms with Crippen LogP contribution in [0.5, 0.6) is 0 Å². The van der Waals surface area contributed by atoms with Gasteiger partial charge in [-0.3, -0.25) is 10.1 Å². The molecule has 1 N–H and O–H groups in total. The van der Waals surface area contributed by atoms with Gasteiger partial charge in [-0.2, -0.15) is 0 Å². The largest absolute Gasteiger partial charge is 0.323 e. The number of carbonyl (C=O) groups excluding carboxylic acids is 1. The molecule has 2 fully saturated rings. The van der Waals surface area contributed by atoms with Gasteiger partial charge in [0.1, 0.15) is 0 Å². The van der Waals surface area contributed by atoms with Crippen molar-refractivity contribution in [2.24, 2.45) is 5.92 Å². The van der Waals surface area contributed by atoms with Crippen molar-refractivity contribution in [3.05, 3.63) is 0 Å². The highest BCUT2D eigenvalue weighted by atomic mass is 16.2. The second-order valence-corrected chi connectivity index (χ2v) is 6.39. The lowest BCUT2D eigenvalue weighted by Crippen LogP contribution is -2.48. The monoisotopic (exact) mass is 266 g/mol. The standard InChI is InChI=1S/C16H30N2O/c1-4-8-13-16(19)18(15(17-13)9-5-2)14-11-7-6-10-12(14)3/h12-15,17H,4-11H2,1-3H3. The molecule has 2 rings (SSSR count). The minimum atomic E-state index is 0.0793. The molecule has 3 nitrogen and oxygen atoms in total. The number of hydrogen-bond donors (Lipinski definition) is 1. The van der Waals surface area contributed by atoms with E-state index in [1.54, 1.807) is 0 Å². The van der Waals surface area contributed by atoms with Gasteiger partial charge in [0.25, 0.3) is 0 Å². The summed E-state index contributed by atoms with van der Waals surface area (Å²) in [5.41, 5.74) is 0. The number of hydrogen-bond acceptors (Lipinski definition) is 2. The summed E-state index contributed by atoms with van der Waals surface area (Å²) in [5.74, 6) is 1.04. The Morgan fingerprint density at radius 1 is 1.16 bits per heavy atom. The predicted octanol–water partition coefficient (Wildman–Crippen LogP) is 3.29. The summed E-state index contributed by atoms with van der Waals surface area (Å²) in [6.07, 6.45) is 9.70. The van der Waals surface area contributed by atoms with E-state index in [-0.39, 0.29) is 6.04 Å². The maximum atomic E-state index is 12.7. The second-order valence-electron chi connectivity index (χ2n) is 6.39. The van der Waals surface area contributed by atoms with Crippen LogP contribution in [-0.4, -0.2) is 29.1 Å². The van der Waals surface area contributed by atoms with Gasteiger partial charge in [-0.1, -0.05) is 46.5 Å². The third-order valence-corrected chi connectivity index (χ3v) is 4.84. The van der Waals surface area contributed by atoms with Gasteiger partial charge in [0.2, 0.25) is 5.91 Å². The molecule has 1 heterocycles. The van der Waals surface area contributed by atoms with Crippen molar-refractivity contribution < 1.29 is 4.79 Å². The SMILES string of the molecule is CCCC1NC(CCC)N(C2CCCCC2C)C1=O. The number of carbonyl (C=O) groups is 1. The molecular weight excluding hydrogens is 236 g/mol. The molecule has 110 valence electrons. The summed E-state index contributed by atoms with van der Waals surface area (Å²) in [6.45, 7) is 6.70. The summed E-state index contributed by atoms with van der Waals surface area (Å²) in [5, 5.41) is 3.59. The first-order valence-electron chi connectivity index (χ1n) is 8.27. The Labute approximate surface area is 118 Å². The summed E-state index contributed by atoms with van der Waals surface area (Å²) in [6, 6.07) is 0.558. The van der Waals surface area contributed by atoms with E-state index in [1.807, 2.05) is 0 Å². The number of nitrogens with zero attached hydrogens (tertiary/aromatic N) is 1. The van der Waals surface area contributed by atoms with Gasteiger partial charge >= 0.3 is 0 Å². The van der Waals surface area contributed by atoms with E-state index in [9.17, 15) is 4.79 Å². The first-order valence-corrected chi connectivity index (χ1v) is 8.27. The van der Waals surface area contributed by atoms with Gasteiger partial charge in [0.15, 0.2) is 0 Å². The lowest BCUT2D eigenvalue weighted by atomic mass is 9.84. The molecule has 1 amide bonds. The quantitative estimate of drug-likeness (QED) is 0.828. The number of rotatable bonds is 5. The van der Waals surface area contributed by atoms with Crippen molar-refractivity contribution in [3.8, 4) is 0 Å². The molecule has 19 heavy (non-hydrogen) atoms. The molecule has 1 saturated carbocycles. The molecule has 0 bridgehead atoms. The molecule has 0 aromatic rings. The minimum absolute atomic E-state index is 0.0793. The van der Waals surface area contributed by atoms with Crippen LogP contribution < -0.4 is 5.32 Å². The first kappa shape index (κ1) is 14.8. The summed E-state index contributed by atoms with van der Waals surface area (Å²) in [4.78, 5) is 14.9. The Kier molecular flexibility index (Phi) is 5.26. The van der Waals surface area contributed by atoms with Crippen LogP contribution in [0.2, 0.25) is 0 Å². The molecule has 3 heteroatoms. The Balaban J connectivity index is 2.11. The molecule has 0 aromatic carbocycles. The topological polar surface area (TPSA) is 32.3 Å². The Morgan fingerprint density at radius 2 is 1.84 bits per heavy atom. The minimum Gasteiger partial charge on any atom is -0.323 e. The third kappa shape index (κ3) is 3.13. The fourth-order valence-corrected chi connectivity index (χ4v) is 3.81. The van der Waals surface area contributed by atoms with E-state index in [1.165, 1.54) is 25.7 Å². The molecule has 2 aliphatic rings.